The highest BCUT2D eigenvalue weighted by Gasteiger charge is 2.22. The number of aromatic nitrogens is 1. The minimum Gasteiger partial charge on any atom is -0.478 e. The van der Waals surface area contributed by atoms with E-state index in [0.29, 0.717) is 23.2 Å². The molecular weight excluding hydrogens is 390 g/mol. The number of pyridine rings is 1. The second kappa shape index (κ2) is 9.17. The van der Waals surface area contributed by atoms with Crippen molar-refractivity contribution >= 4 is 17.7 Å². The number of carbonyl (C=O) groups is 2. The van der Waals surface area contributed by atoms with E-state index in [2.05, 4.69) is 16.9 Å². The number of nitro groups is 1. The van der Waals surface area contributed by atoms with Crippen LogP contribution >= 0.6 is 0 Å². The number of benzene rings is 1. The largest absolute Gasteiger partial charge is 0.478 e. The summed E-state index contributed by atoms with van der Waals surface area (Å²) in [7, 11) is 0. The normalized spacial score (nSPS) is 12.0. The molecule has 0 aliphatic carbocycles. The molecule has 1 aromatic heterocycles. The number of amides is 1. The molecule has 1 aromatic carbocycles. The summed E-state index contributed by atoms with van der Waals surface area (Å²) in [5, 5.41) is 23.2. The van der Waals surface area contributed by atoms with Crippen LogP contribution in [-0.4, -0.2) is 32.7 Å². The first-order valence-corrected chi connectivity index (χ1v) is 9.10. The summed E-state index contributed by atoms with van der Waals surface area (Å²) >= 11 is 0. The lowest BCUT2D eigenvalue weighted by atomic mass is 9.97. The molecule has 2 N–H and O–H groups in total. The quantitative estimate of drug-likeness (QED) is 0.388. The van der Waals surface area contributed by atoms with Crippen LogP contribution in [-0.2, 0) is 4.74 Å². The van der Waals surface area contributed by atoms with E-state index in [1.807, 2.05) is 0 Å². The van der Waals surface area contributed by atoms with E-state index in [9.17, 15) is 24.8 Å². The number of hydrogen-bond donors (Lipinski definition) is 2. The molecule has 0 saturated heterocycles. The van der Waals surface area contributed by atoms with Gasteiger partial charge in [0, 0.05) is 18.3 Å². The summed E-state index contributed by atoms with van der Waals surface area (Å²) in [5.74, 6) is -1.29. The first-order chi connectivity index (χ1) is 14.0. The molecule has 0 radical (unpaired) electrons. The molecule has 0 bridgehead atoms. The smallest absolute Gasteiger partial charge is 0.408 e. The van der Waals surface area contributed by atoms with E-state index in [1.54, 1.807) is 39.0 Å². The summed E-state index contributed by atoms with van der Waals surface area (Å²) in [6, 6.07) is 6.29. The second-order valence-electron chi connectivity index (χ2n) is 7.48. The number of nitrogens with one attached hydrogen (secondary N) is 1. The number of nitro benzene ring substituents is 1. The Hall–Kier alpha value is -3.75. The van der Waals surface area contributed by atoms with Gasteiger partial charge in [-0.15, -0.1) is 6.58 Å². The molecule has 1 amide bonds. The fraction of sp³-hybridized carbons (Fsp3) is 0.286. The Bertz CT molecular complexity index is 981. The van der Waals surface area contributed by atoms with Gasteiger partial charge in [0.1, 0.15) is 5.60 Å². The molecule has 158 valence electrons. The van der Waals surface area contributed by atoms with Crippen LogP contribution in [0.5, 0.6) is 0 Å². The fourth-order valence-electron chi connectivity index (χ4n) is 2.75. The van der Waals surface area contributed by atoms with Gasteiger partial charge in [0.05, 0.1) is 22.2 Å². The molecule has 2 rings (SSSR count). The Labute approximate surface area is 173 Å². The molecule has 0 fully saturated rings. The Morgan fingerprint density at radius 2 is 2.03 bits per heavy atom. The molecule has 0 aliphatic rings. The average Bonchev–Trinajstić information content (AvgIpc) is 2.65. The van der Waals surface area contributed by atoms with Crippen LogP contribution in [0.25, 0.3) is 11.1 Å². The third-order valence-corrected chi connectivity index (χ3v) is 3.99. The number of ether oxygens (including phenoxy) is 1. The lowest BCUT2D eigenvalue weighted by Crippen LogP contribution is -2.35. The molecule has 0 saturated carbocycles. The van der Waals surface area contributed by atoms with Crippen LogP contribution in [0.3, 0.4) is 0 Å². The van der Waals surface area contributed by atoms with E-state index in [-0.39, 0.29) is 11.3 Å². The van der Waals surface area contributed by atoms with Crippen LogP contribution in [0.4, 0.5) is 10.5 Å². The van der Waals surface area contributed by atoms with Gasteiger partial charge in [-0.2, -0.15) is 0 Å². The van der Waals surface area contributed by atoms with E-state index in [4.69, 9.17) is 4.74 Å². The average molecular weight is 413 g/mol. The van der Waals surface area contributed by atoms with Crippen molar-refractivity contribution in [2.45, 2.75) is 38.8 Å². The van der Waals surface area contributed by atoms with Gasteiger partial charge in [0.25, 0.3) is 5.69 Å². The highest BCUT2D eigenvalue weighted by atomic mass is 16.6. The second-order valence-corrected chi connectivity index (χ2v) is 7.48. The zero-order valence-electron chi connectivity index (χ0n) is 16.9. The van der Waals surface area contributed by atoms with Crippen molar-refractivity contribution in [1.82, 2.24) is 10.3 Å². The molecule has 9 heteroatoms. The van der Waals surface area contributed by atoms with E-state index in [0.717, 1.165) is 6.07 Å². The van der Waals surface area contributed by atoms with Gasteiger partial charge in [-0.3, -0.25) is 15.1 Å². The summed E-state index contributed by atoms with van der Waals surface area (Å²) in [5.41, 5.74) is 0.0581. The number of non-ortho nitro benzene ring substituents is 1. The number of carboxylic acids is 1. The SMILES string of the molecule is C=CC[C@H](NC(=O)OC(C)(C)C)c1cc(-c2ccc([N+](=O)[O-])cc2C(=O)O)ccn1. The van der Waals surface area contributed by atoms with Crippen LogP contribution in [0.15, 0.2) is 49.2 Å². The Kier molecular flexibility index (Phi) is 6.89. The lowest BCUT2D eigenvalue weighted by Gasteiger charge is -2.23. The predicted molar refractivity (Wildman–Crippen MR) is 110 cm³/mol. The Morgan fingerprint density at radius 3 is 2.60 bits per heavy atom. The summed E-state index contributed by atoms with van der Waals surface area (Å²) in [6.07, 6.45) is 2.83. The van der Waals surface area contributed by atoms with Gasteiger partial charge >= 0.3 is 12.1 Å². The van der Waals surface area contributed by atoms with Gasteiger partial charge in [-0.1, -0.05) is 6.08 Å². The summed E-state index contributed by atoms with van der Waals surface area (Å²) < 4.78 is 5.28. The highest BCUT2D eigenvalue weighted by molar-refractivity contribution is 5.96. The summed E-state index contributed by atoms with van der Waals surface area (Å²) in [6.45, 7) is 8.93. The maximum absolute atomic E-state index is 12.2. The van der Waals surface area contributed by atoms with Crippen LogP contribution in [0.2, 0.25) is 0 Å². The zero-order valence-corrected chi connectivity index (χ0v) is 16.9. The van der Waals surface area contributed by atoms with Crippen molar-refractivity contribution in [3.8, 4) is 11.1 Å². The fourth-order valence-corrected chi connectivity index (χ4v) is 2.75. The number of hydrogen-bond acceptors (Lipinski definition) is 6. The van der Waals surface area contributed by atoms with Crippen molar-refractivity contribution in [2.24, 2.45) is 0 Å². The third-order valence-electron chi connectivity index (χ3n) is 3.99. The molecule has 0 unspecified atom stereocenters. The van der Waals surface area contributed by atoms with E-state index < -0.39 is 28.6 Å². The molecule has 0 aliphatic heterocycles. The number of alkyl carbamates (subject to hydrolysis) is 1. The van der Waals surface area contributed by atoms with Gasteiger partial charge in [0.2, 0.25) is 0 Å². The van der Waals surface area contributed by atoms with Gasteiger partial charge in [-0.25, -0.2) is 9.59 Å². The maximum Gasteiger partial charge on any atom is 0.408 e. The number of aromatic carboxylic acids is 1. The number of rotatable bonds is 7. The lowest BCUT2D eigenvalue weighted by molar-refractivity contribution is -0.384. The first kappa shape index (κ1) is 22.5. The van der Waals surface area contributed by atoms with Gasteiger partial charge < -0.3 is 15.2 Å². The van der Waals surface area contributed by atoms with Crippen molar-refractivity contribution in [1.29, 1.82) is 0 Å². The Balaban J connectivity index is 2.43. The number of carbonyl (C=O) groups excluding carboxylic acids is 1. The molecule has 30 heavy (non-hydrogen) atoms. The molecule has 0 spiro atoms. The first-order valence-electron chi connectivity index (χ1n) is 9.10. The zero-order chi connectivity index (χ0) is 22.5. The van der Waals surface area contributed by atoms with E-state index >= 15 is 0 Å². The predicted octanol–water partition coefficient (Wildman–Crippen LogP) is 4.50. The van der Waals surface area contributed by atoms with Crippen LogP contribution in [0, 0.1) is 10.1 Å². The maximum atomic E-state index is 12.2. The molecule has 1 heterocycles. The topological polar surface area (TPSA) is 132 Å². The minimum absolute atomic E-state index is 0.207. The molecule has 1 atom stereocenters. The molecule has 2 aromatic rings. The highest BCUT2D eigenvalue weighted by Crippen LogP contribution is 2.29. The molecular formula is C21H23N3O6. The van der Waals surface area contributed by atoms with Crippen LogP contribution < -0.4 is 5.32 Å². The van der Waals surface area contributed by atoms with Crippen molar-refractivity contribution < 1.29 is 24.4 Å². The number of carboxylic acid groups (broad SMARTS) is 1. The minimum atomic E-state index is -1.29. The van der Waals surface area contributed by atoms with Crippen LogP contribution in [0.1, 0.15) is 49.3 Å². The standard InChI is InChI=1S/C21H23N3O6/c1-5-6-17(23-20(27)30-21(2,3)4)18-11-13(9-10-22-18)15-8-7-14(24(28)29)12-16(15)19(25)26/h5,7-12,17H,1,6H2,2-4H3,(H,23,27)(H,25,26)/t17-/m0/s1. The van der Waals surface area contributed by atoms with Crippen molar-refractivity contribution in [3.05, 3.63) is 70.6 Å². The monoisotopic (exact) mass is 413 g/mol. The number of nitrogens with zero attached hydrogens (tertiary/aromatic N) is 2. The van der Waals surface area contributed by atoms with Crippen molar-refractivity contribution in [2.75, 3.05) is 0 Å². The Morgan fingerprint density at radius 1 is 1.33 bits per heavy atom. The summed E-state index contributed by atoms with van der Waals surface area (Å²) in [4.78, 5) is 38.4. The third kappa shape index (κ3) is 5.87. The van der Waals surface area contributed by atoms with Gasteiger partial charge in [-0.05, 0) is 56.5 Å². The van der Waals surface area contributed by atoms with Gasteiger partial charge in [0.15, 0.2) is 0 Å². The molecule has 9 nitrogen and oxygen atoms in total. The van der Waals surface area contributed by atoms with E-state index in [1.165, 1.54) is 18.3 Å². The van der Waals surface area contributed by atoms with Crippen molar-refractivity contribution in [3.63, 3.8) is 0 Å².